The van der Waals surface area contributed by atoms with E-state index in [4.69, 9.17) is 13.9 Å². The number of Topliss-reactive ketones (excluding diaryl/α,β-unsaturated/α-hetero) is 1. The number of halogens is 1. The lowest BCUT2D eigenvalue weighted by Crippen LogP contribution is -2.27. The molecule has 1 aliphatic heterocycles. The van der Waals surface area contributed by atoms with Gasteiger partial charge < -0.3 is 18.8 Å². The van der Waals surface area contributed by atoms with Gasteiger partial charge in [-0.1, -0.05) is 0 Å². The summed E-state index contributed by atoms with van der Waals surface area (Å²) in [5, 5.41) is 0. The number of ether oxygens (including phenoxy) is 2. The highest BCUT2D eigenvalue weighted by atomic mass is 19.1. The maximum absolute atomic E-state index is 13.4. The summed E-state index contributed by atoms with van der Waals surface area (Å²) in [6.45, 7) is -0.0909. The van der Waals surface area contributed by atoms with Crippen LogP contribution in [-0.4, -0.2) is 42.8 Å². The van der Waals surface area contributed by atoms with Gasteiger partial charge >= 0.3 is 5.97 Å². The van der Waals surface area contributed by atoms with Crippen molar-refractivity contribution in [3.8, 4) is 5.75 Å². The van der Waals surface area contributed by atoms with Crippen molar-refractivity contribution in [2.75, 3.05) is 20.3 Å². The first-order valence-corrected chi connectivity index (χ1v) is 8.31. The lowest BCUT2D eigenvalue weighted by molar-refractivity contribution is -0.147. The van der Waals surface area contributed by atoms with Gasteiger partial charge in [-0.3, -0.25) is 14.4 Å². The molecule has 0 spiro atoms. The van der Waals surface area contributed by atoms with Gasteiger partial charge in [0, 0.05) is 13.0 Å². The Bertz CT molecular complexity index is 848. The van der Waals surface area contributed by atoms with E-state index < -0.39 is 30.1 Å². The van der Waals surface area contributed by atoms with Gasteiger partial charge in [-0.15, -0.1) is 0 Å². The highest BCUT2D eigenvalue weighted by molar-refractivity contribution is 6.00. The molecule has 8 heteroatoms. The zero-order valence-corrected chi connectivity index (χ0v) is 14.6. The molecule has 0 unspecified atom stereocenters. The van der Waals surface area contributed by atoms with Crippen molar-refractivity contribution < 1.29 is 32.7 Å². The molecule has 142 valence electrons. The zero-order valence-electron chi connectivity index (χ0n) is 14.6. The van der Waals surface area contributed by atoms with Crippen molar-refractivity contribution in [1.29, 1.82) is 0 Å². The molecule has 7 nitrogen and oxygen atoms in total. The number of ketones is 1. The average Bonchev–Trinajstić information content (AvgIpc) is 3.30. The predicted octanol–water partition coefficient (Wildman–Crippen LogP) is 2.20. The van der Waals surface area contributed by atoms with Crippen LogP contribution in [0.25, 0.3) is 0 Å². The normalized spacial score (nSPS) is 16.4. The molecule has 1 aromatic heterocycles. The van der Waals surface area contributed by atoms with Gasteiger partial charge in [-0.2, -0.15) is 0 Å². The fourth-order valence-corrected chi connectivity index (χ4v) is 2.90. The van der Waals surface area contributed by atoms with Crippen LogP contribution in [0.3, 0.4) is 0 Å². The molecule has 0 bridgehead atoms. The number of methoxy groups -OCH3 is 1. The lowest BCUT2D eigenvalue weighted by atomic mass is 10.1. The van der Waals surface area contributed by atoms with Gasteiger partial charge in [0.1, 0.15) is 17.3 Å². The van der Waals surface area contributed by atoms with Gasteiger partial charge in [0.15, 0.2) is 6.61 Å². The number of hydrogen-bond acceptors (Lipinski definition) is 6. The third-order valence-electron chi connectivity index (χ3n) is 4.28. The molecule has 1 aromatic carbocycles. The monoisotopic (exact) mass is 375 g/mol. The van der Waals surface area contributed by atoms with Crippen molar-refractivity contribution in [2.24, 2.45) is 5.92 Å². The van der Waals surface area contributed by atoms with E-state index in [1.807, 2.05) is 0 Å². The number of hydrogen-bond donors (Lipinski definition) is 0. The molecule has 2 aromatic rings. The van der Waals surface area contributed by atoms with Crippen LogP contribution in [0.2, 0.25) is 0 Å². The highest BCUT2D eigenvalue weighted by Crippen LogP contribution is 2.23. The summed E-state index contributed by atoms with van der Waals surface area (Å²) in [6, 6.07) is 6.98. The Balaban J connectivity index is 1.56. The van der Waals surface area contributed by atoms with E-state index in [0.29, 0.717) is 5.76 Å². The molecule has 0 N–H and O–H groups in total. The summed E-state index contributed by atoms with van der Waals surface area (Å²) >= 11 is 0. The number of furan rings is 1. The van der Waals surface area contributed by atoms with Crippen molar-refractivity contribution in [3.63, 3.8) is 0 Å². The van der Waals surface area contributed by atoms with E-state index in [0.717, 1.165) is 6.07 Å². The Morgan fingerprint density at radius 3 is 2.85 bits per heavy atom. The standard InChI is InChI=1S/C19H18FNO6/c1-25-17-5-4-13(20)8-15(17)16(22)11-27-19(24)12-7-18(23)21(9-12)10-14-3-2-6-26-14/h2-6,8,12H,7,9-11H2,1H3/t12-/m0/s1. The second kappa shape index (κ2) is 8.03. The summed E-state index contributed by atoms with van der Waals surface area (Å²) in [6.07, 6.45) is 1.52. The number of amides is 1. The van der Waals surface area contributed by atoms with Crippen molar-refractivity contribution >= 4 is 17.7 Å². The lowest BCUT2D eigenvalue weighted by Gasteiger charge is -2.14. The molecule has 1 atom stereocenters. The molecule has 0 radical (unpaired) electrons. The summed E-state index contributed by atoms with van der Waals surface area (Å²) in [7, 11) is 1.35. The Kier molecular flexibility index (Phi) is 5.54. The van der Waals surface area contributed by atoms with Gasteiger partial charge in [-0.05, 0) is 30.3 Å². The molecule has 1 amide bonds. The van der Waals surface area contributed by atoms with E-state index in [1.54, 1.807) is 12.1 Å². The van der Waals surface area contributed by atoms with Crippen LogP contribution >= 0.6 is 0 Å². The quantitative estimate of drug-likeness (QED) is 0.545. The third kappa shape index (κ3) is 4.33. The van der Waals surface area contributed by atoms with Crippen LogP contribution in [0, 0.1) is 11.7 Å². The van der Waals surface area contributed by atoms with Crippen LogP contribution in [-0.2, 0) is 20.9 Å². The fourth-order valence-electron chi connectivity index (χ4n) is 2.90. The van der Waals surface area contributed by atoms with Crippen molar-refractivity contribution in [1.82, 2.24) is 4.90 Å². The molecule has 0 saturated carbocycles. The first-order valence-electron chi connectivity index (χ1n) is 8.31. The largest absolute Gasteiger partial charge is 0.496 e. The molecule has 0 aliphatic carbocycles. The average molecular weight is 375 g/mol. The first kappa shape index (κ1) is 18.6. The minimum absolute atomic E-state index is 0.00718. The molecule has 1 fully saturated rings. The topological polar surface area (TPSA) is 86.0 Å². The minimum atomic E-state index is -0.658. The number of likely N-dealkylation sites (tertiary alicyclic amines) is 1. The van der Waals surface area contributed by atoms with E-state index in [2.05, 4.69) is 0 Å². The summed E-state index contributed by atoms with van der Waals surface area (Å²) in [4.78, 5) is 38.0. The Morgan fingerprint density at radius 1 is 1.33 bits per heavy atom. The van der Waals surface area contributed by atoms with E-state index in [9.17, 15) is 18.8 Å². The highest BCUT2D eigenvalue weighted by Gasteiger charge is 2.36. The number of rotatable bonds is 7. The molecule has 27 heavy (non-hydrogen) atoms. The number of carbonyl (C=O) groups is 3. The predicted molar refractivity (Wildman–Crippen MR) is 90.5 cm³/mol. The van der Waals surface area contributed by atoms with Crippen LogP contribution < -0.4 is 4.74 Å². The maximum Gasteiger partial charge on any atom is 0.311 e. The summed E-state index contributed by atoms with van der Waals surface area (Å²) < 4.78 is 28.6. The number of esters is 1. The molecule has 3 rings (SSSR count). The van der Waals surface area contributed by atoms with Crippen LogP contribution in [0.5, 0.6) is 5.75 Å². The number of benzene rings is 1. The molecular formula is C19H18FNO6. The first-order chi connectivity index (χ1) is 13.0. The van der Waals surface area contributed by atoms with Crippen LogP contribution in [0.15, 0.2) is 41.0 Å². The number of carbonyl (C=O) groups excluding carboxylic acids is 3. The van der Waals surface area contributed by atoms with Crippen LogP contribution in [0.1, 0.15) is 22.5 Å². The second-order valence-electron chi connectivity index (χ2n) is 6.13. The van der Waals surface area contributed by atoms with Crippen molar-refractivity contribution in [2.45, 2.75) is 13.0 Å². The van der Waals surface area contributed by atoms with E-state index in [-0.39, 0.29) is 36.7 Å². The Hall–Kier alpha value is -3.16. The summed E-state index contributed by atoms with van der Waals surface area (Å²) in [5.74, 6) is -1.86. The minimum Gasteiger partial charge on any atom is -0.496 e. The molecule has 2 heterocycles. The van der Waals surface area contributed by atoms with E-state index in [1.165, 1.54) is 30.4 Å². The smallest absolute Gasteiger partial charge is 0.311 e. The molecular weight excluding hydrogens is 357 g/mol. The van der Waals surface area contributed by atoms with Crippen molar-refractivity contribution in [3.05, 3.63) is 53.7 Å². The number of nitrogens with zero attached hydrogens (tertiary/aromatic N) is 1. The second-order valence-corrected chi connectivity index (χ2v) is 6.13. The van der Waals surface area contributed by atoms with Gasteiger partial charge in [0.2, 0.25) is 11.7 Å². The fraction of sp³-hybridized carbons (Fsp3) is 0.316. The summed E-state index contributed by atoms with van der Waals surface area (Å²) in [5.41, 5.74) is -0.00718. The molecule has 1 saturated heterocycles. The maximum atomic E-state index is 13.4. The molecule has 1 aliphatic rings. The van der Waals surface area contributed by atoms with Gasteiger partial charge in [0.25, 0.3) is 0 Å². The zero-order chi connectivity index (χ0) is 19.4. The Labute approximate surface area is 154 Å². The Morgan fingerprint density at radius 2 is 2.15 bits per heavy atom. The SMILES string of the molecule is COc1ccc(F)cc1C(=O)COC(=O)[C@H]1CC(=O)N(Cc2ccco2)C1. The van der Waals surface area contributed by atoms with Gasteiger partial charge in [-0.25, -0.2) is 4.39 Å². The van der Waals surface area contributed by atoms with Gasteiger partial charge in [0.05, 0.1) is 31.4 Å². The van der Waals surface area contributed by atoms with E-state index >= 15 is 0 Å². The van der Waals surface area contributed by atoms with Crippen LogP contribution in [0.4, 0.5) is 4.39 Å². The third-order valence-corrected chi connectivity index (χ3v) is 4.28.